The fourth-order valence-electron chi connectivity index (χ4n) is 1.47. The summed E-state index contributed by atoms with van der Waals surface area (Å²) in [5.41, 5.74) is 1.39. The van der Waals surface area contributed by atoms with Crippen molar-refractivity contribution in [1.29, 1.82) is 0 Å². The molecule has 0 aliphatic carbocycles. The minimum atomic E-state index is -0.162. The fourth-order valence-corrected chi connectivity index (χ4v) is 1.47. The first-order valence-electron chi connectivity index (χ1n) is 5.94. The molecule has 0 amide bonds. The van der Waals surface area contributed by atoms with Gasteiger partial charge in [-0.3, -0.25) is 14.6 Å². The number of ketones is 2. The average molecular weight is 243 g/mol. The maximum atomic E-state index is 12.2. The number of Topliss-reactive ketones (excluding diaryl/α,β-unsaturated/α-hetero) is 2. The third kappa shape index (κ3) is 3.48. The SMILES string of the molecule is C/C=C(\C=C/CC)C(=O)c1cc(C(C)=O)ccn1. The minimum absolute atomic E-state index is 0.0717. The summed E-state index contributed by atoms with van der Waals surface area (Å²) in [5, 5.41) is 0. The van der Waals surface area contributed by atoms with Crippen LogP contribution in [0.15, 0.2) is 42.1 Å². The predicted octanol–water partition coefficient (Wildman–Crippen LogP) is 3.38. The summed E-state index contributed by atoms with van der Waals surface area (Å²) in [7, 11) is 0. The summed E-state index contributed by atoms with van der Waals surface area (Å²) in [5.74, 6) is -0.233. The van der Waals surface area contributed by atoms with Crippen LogP contribution in [-0.4, -0.2) is 16.6 Å². The van der Waals surface area contributed by atoms with E-state index < -0.39 is 0 Å². The standard InChI is InChI=1S/C15H17NO2/c1-4-6-7-12(5-2)15(18)14-10-13(11(3)17)8-9-16-14/h5-10H,4H2,1-3H3/b7-6-,12-5+. The van der Waals surface area contributed by atoms with Crippen LogP contribution in [0.2, 0.25) is 0 Å². The number of allylic oxidation sites excluding steroid dienone is 4. The van der Waals surface area contributed by atoms with Gasteiger partial charge in [0.15, 0.2) is 5.78 Å². The van der Waals surface area contributed by atoms with Crippen molar-refractivity contribution in [2.75, 3.05) is 0 Å². The Hall–Kier alpha value is -2.03. The Morgan fingerprint density at radius 1 is 1.39 bits per heavy atom. The van der Waals surface area contributed by atoms with Crippen molar-refractivity contribution in [2.45, 2.75) is 27.2 Å². The molecule has 0 aliphatic heterocycles. The van der Waals surface area contributed by atoms with Gasteiger partial charge in [-0.15, -0.1) is 0 Å². The first-order valence-corrected chi connectivity index (χ1v) is 5.94. The van der Waals surface area contributed by atoms with E-state index in [4.69, 9.17) is 0 Å². The summed E-state index contributed by atoms with van der Waals surface area (Å²) in [6, 6.07) is 3.14. The summed E-state index contributed by atoms with van der Waals surface area (Å²) in [6.07, 6.45) is 7.80. The van der Waals surface area contributed by atoms with Gasteiger partial charge in [-0.05, 0) is 32.4 Å². The van der Waals surface area contributed by atoms with Gasteiger partial charge in [-0.25, -0.2) is 0 Å². The second-order valence-electron chi connectivity index (χ2n) is 3.87. The van der Waals surface area contributed by atoms with Crippen LogP contribution in [0.25, 0.3) is 0 Å². The third-order valence-corrected chi connectivity index (χ3v) is 2.51. The number of hydrogen-bond donors (Lipinski definition) is 0. The monoisotopic (exact) mass is 243 g/mol. The zero-order valence-electron chi connectivity index (χ0n) is 10.9. The molecule has 18 heavy (non-hydrogen) atoms. The molecule has 1 aromatic heterocycles. The number of nitrogens with zero attached hydrogens (tertiary/aromatic N) is 1. The molecule has 3 heteroatoms. The van der Waals surface area contributed by atoms with Crippen LogP contribution in [0.5, 0.6) is 0 Å². The molecule has 1 heterocycles. The van der Waals surface area contributed by atoms with E-state index in [-0.39, 0.29) is 11.6 Å². The van der Waals surface area contributed by atoms with E-state index in [9.17, 15) is 9.59 Å². The maximum absolute atomic E-state index is 12.2. The smallest absolute Gasteiger partial charge is 0.211 e. The first kappa shape index (κ1) is 14.0. The summed E-state index contributed by atoms with van der Waals surface area (Å²) in [4.78, 5) is 27.4. The first-order chi connectivity index (χ1) is 8.60. The molecule has 0 aliphatic rings. The molecule has 0 saturated carbocycles. The topological polar surface area (TPSA) is 47.0 Å². The molecule has 0 saturated heterocycles. The molecule has 0 bridgehead atoms. The summed E-state index contributed by atoms with van der Waals surface area (Å²) in [6.45, 7) is 5.28. The molecular formula is C15H17NO2. The van der Waals surface area contributed by atoms with E-state index in [1.807, 2.05) is 19.9 Å². The van der Waals surface area contributed by atoms with E-state index in [0.717, 1.165) is 6.42 Å². The Morgan fingerprint density at radius 2 is 2.11 bits per heavy atom. The highest BCUT2D eigenvalue weighted by Crippen LogP contribution is 2.10. The zero-order chi connectivity index (χ0) is 13.5. The quantitative estimate of drug-likeness (QED) is 0.452. The molecule has 94 valence electrons. The van der Waals surface area contributed by atoms with Crippen LogP contribution in [0.1, 0.15) is 48.0 Å². The van der Waals surface area contributed by atoms with E-state index in [2.05, 4.69) is 4.98 Å². The molecule has 0 fully saturated rings. The van der Waals surface area contributed by atoms with E-state index in [1.54, 1.807) is 18.2 Å². The minimum Gasteiger partial charge on any atom is -0.295 e. The van der Waals surface area contributed by atoms with Gasteiger partial charge in [0.05, 0.1) is 0 Å². The van der Waals surface area contributed by atoms with Crippen LogP contribution in [0, 0.1) is 0 Å². The van der Waals surface area contributed by atoms with Crippen LogP contribution in [0.4, 0.5) is 0 Å². The van der Waals surface area contributed by atoms with Gasteiger partial charge in [0.25, 0.3) is 0 Å². The number of aromatic nitrogens is 1. The molecule has 1 aromatic rings. The van der Waals surface area contributed by atoms with Crippen molar-refractivity contribution < 1.29 is 9.59 Å². The Bertz CT molecular complexity index is 513. The number of hydrogen-bond acceptors (Lipinski definition) is 3. The lowest BCUT2D eigenvalue weighted by Crippen LogP contribution is -2.06. The average Bonchev–Trinajstić information content (AvgIpc) is 2.39. The molecule has 3 nitrogen and oxygen atoms in total. The largest absolute Gasteiger partial charge is 0.295 e. The van der Waals surface area contributed by atoms with E-state index >= 15 is 0 Å². The van der Waals surface area contributed by atoms with Crippen molar-refractivity contribution in [3.8, 4) is 0 Å². The van der Waals surface area contributed by atoms with Crippen molar-refractivity contribution in [2.24, 2.45) is 0 Å². The van der Waals surface area contributed by atoms with E-state index in [0.29, 0.717) is 16.8 Å². The van der Waals surface area contributed by atoms with Gasteiger partial charge in [0.1, 0.15) is 5.69 Å². The highest BCUT2D eigenvalue weighted by molar-refractivity contribution is 6.10. The number of carbonyl (C=O) groups is 2. The van der Waals surface area contributed by atoms with Crippen molar-refractivity contribution in [1.82, 2.24) is 4.98 Å². The van der Waals surface area contributed by atoms with Gasteiger partial charge in [0, 0.05) is 17.3 Å². The lowest BCUT2D eigenvalue weighted by molar-refractivity contribution is 0.101. The molecule has 0 N–H and O–H groups in total. The highest BCUT2D eigenvalue weighted by atomic mass is 16.1. The van der Waals surface area contributed by atoms with Gasteiger partial charge < -0.3 is 0 Å². The second-order valence-corrected chi connectivity index (χ2v) is 3.87. The van der Waals surface area contributed by atoms with E-state index in [1.165, 1.54) is 19.2 Å². The van der Waals surface area contributed by atoms with Crippen LogP contribution in [0.3, 0.4) is 0 Å². The van der Waals surface area contributed by atoms with Crippen molar-refractivity contribution in [3.63, 3.8) is 0 Å². The second kappa shape index (κ2) is 6.64. The fraction of sp³-hybridized carbons (Fsp3) is 0.267. The van der Waals surface area contributed by atoms with Crippen molar-refractivity contribution in [3.05, 3.63) is 53.4 Å². The number of rotatable bonds is 5. The predicted molar refractivity (Wildman–Crippen MR) is 71.8 cm³/mol. The molecular weight excluding hydrogens is 226 g/mol. The molecule has 0 unspecified atom stereocenters. The third-order valence-electron chi connectivity index (χ3n) is 2.51. The molecule has 1 rings (SSSR count). The van der Waals surface area contributed by atoms with Crippen LogP contribution < -0.4 is 0 Å². The summed E-state index contributed by atoms with van der Waals surface area (Å²) >= 11 is 0. The van der Waals surface area contributed by atoms with Gasteiger partial charge in [-0.1, -0.05) is 25.2 Å². The van der Waals surface area contributed by atoms with Crippen LogP contribution in [-0.2, 0) is 0 Å². The molecule has 0 radical (unpaired) electrons. The Morgan fingerprint density at radius 3 is 2.67 bits per heavy atom. The maximum Gasteiger partial charge on any atom is 0.211 e. The van der Waals surface area contributed by atoms with Gasteiger partial charge in [-0.2, -0.15) is 0 Å². The lowest BCUT2D eigenvalue weighted by atomic mass is 10.0. The number of pyridine rings is 1. The zero-order valence-corrected chi connectivity index (χ0v) is 10.9. The number of carbonyl (C=O) groups excluding carboxylic acids is 2. The van der Waals surface area contributed by atoms with Gasteiger partial charge >= 0.3 is 0 Å². The lowest BCUT2D eigenvalue weighted by Gasteiger charge is -2.02. The Balaban J connectivity index is 3.06. The highest BCUT2D eigenvalue weighted by Gasteiger charge is 2.12. The summed E-state index contributed by atoms with van der Waals surface area (Å²) < 4.78 is 0. The van der Waals surface area contributed by atoms with Crippen LogP contribution >= 0.6 is 0 Å². The molecule has 0 atom stereocenters. The van der Waals surface area contributed by atoms with Gasteiger partial charge in [0.2, 0.25) is 5.78 Å². The Kier molecular flexibility index (Phi) is 5.18. The Labute approximate surface area is 107 Å². The van der Waals surface area contributed by atoms with Crippen molar-refractivity contribution >= 4 is 11.6 Å². The normalized spacial score (nSPS) is 11.8. The molecule has 0 aromatic carbocycles. The molecule has 0 spiro atoms.